The Morgan fingerprint density at radius 1 is 1.16 bits per heavy atom. The van der Waals surface area contributed by atoms with Gasteiger partial charge in [-0.2, -0.15) is 0 Å². The van der Waals surface area contributed by atoms with Crippen LogP contribution in [-0.2, 0) is 0 Å². The number of nitrogens with two attached hydrogens (primary N) is 1. The number of furan rings is 1. The number of halogens is 2. The van der Waals surface area contributed by atoms with Gasteiger partial charge in [-0.1, -0.05) is 23.4 Å². The predicted molar refractivity (Wildman–Crippen MR) is 69.0 cm³/mol. The van der Waals surface area contributed by atoms with Gasteiger partial charge in [-0.3, -0.25) is 0 Å². The summed E-state index contributed by atoms with van der Waals surface area (Å²) in [5, 5.41) is 4.00. The smallest absolute Gasteiger partial charge is 0.230 e. The van der Waals surface area contributed by atoms with Crippen molar-refractivity contribution in [1.82, 2.24) is 5.16 Å². The molecule has 0 aliphatic heterocycles. The lowest BCUT2D eigenvalue weighted by Gasteiger charge is -2.02. The standard InChI is InChI=1S/C13H8ClFN2O2/c14-10-6-5-9(18-10)12-11(13(16)19-17-12)7-3-1-2-4-8(7)15/h1-6H,16H2. The summed E-state index contributed by atoms with van der Waals surface area (Å²) in [5.41, 5.74) is 6.68. The fourth-order valence-electron chi connectivity index (χ4n) is 1.84. The fraction of sp³-hybridized carbons (Fsp3) is 0. The van der Waals surface area contributed by atoms with Crippen LogP contribution in [-0.4, -0.2) is 5.16 Å². The Labute approximate surface area is 112 Å². The second kappa shape index (κ2) is 4.44. The molecule has 0 aliphatic rings. The summed E-state index contributed by atoms with van der Waals surface area (Å²) in [6, 6.07) is 9.39. The van der Waals surface area contributed by atoms with Crippen LogP contribution in [0.1, 0.15) is 0 Å². The van der Waals surface area contributed by atoms with E-state index in [1.807, 2.05) is 0 Å². The zero-order valence-electron chi connectivity index (χ0n) is 9.56. The first-order valence-corrected chi connectivity index (χ1v) is 5.80. The highest BCUT2D eigenvalue weighted by Gasteiger charge is 2.22. The zero-order valence-corrected chi connectivity index (χ0v) is 10.3. The molecule has 0 radical (unpaired) electrons. The Morgan fingerprint density at radius 2 is 1.95 bits per heavy atom. The van der Waals surface area contributed by atoms with Crippen molar-refractivity contribution in [2.24, 2.45) is 0 Å². The molecule has 0 atom stereocenters. The highest BCUT2D eigenvalue weighted by molar-refractivity contribution is 6.29. The topological polar surface area (TPSA) is 65.2 Å². The van der Waals surface area contributed by atoms with Crippen LogP contribution in [0.25, 0.3) is 22.6 Å². The van der Waals surface area contributed by atoms with Crippen LogP contribution >= 0.6 is 11.6 Å². The molecule has 0 saturated carbocycles. The molecule has 3 rings (SSSR count). The first-order chi connectivity index (χ1) is 9.16. The van der Waals surface area contributed by atoms with Crippen molar-refractivity contribution in [3.05, 3.63) is 47.4 Å². The molecule has 19 heavy (non-hydrogen) atoms. The van der Waals surface area contributed by atoms with E-state index in [2.05, 4.69) is 5.16 Å². The monoisotopic (exact) mass is 278 g/mol. The van der Waals surface area contributed by atoms with Crippen LogP contribution < -0.4 is 5.73 Å². The van der Waals surface area contributed by atoms with Crippen molar-refractivity contribution in [2.45, 2.75) is 0 Å². The molecule has 4 nitrogen and oxygen atoms in total. The van der Waals surface area contributed by atoms with Crippen LogP contribution in [0.4, 0.5) is 10.3 Å². The second-order valence-corrected chi connectivity index (χ2v) is 4.23. The summed E-state index contributed by atoms with van der Waals surface area (Å²) in [6.45, 7) is 0. The van der Waals surface area contributed by atoms with Gasteiger partial charge in [0.05, 0.1) is 5.56 Å². The van der Waals surface area contributed by atoms with Gasteiger partial charge in [0.2, 0.25) is 5.88 Å². The van der Waals surface area contributed by atoms with E-state index in [0.29, 0.717) is 22.6 Å². The maximum absolute atomic E-state index is 13.9. The Hall–Kier alpha value is -2.27. The molecule has 0 saturated heterocycles. The van der Waals surface area contributed by atoms with Crippen molar-refractivity contribution in [2.75, 3.05) is 5.73 Å². The van der Waals surface area contributed by atoms with Crippen molar-refractivity contribution >= 4 is 17.5 Å². The highest BCUT2D eigenvalue weighted by Crippen LogP contribution is 2.38. The summed E-state index contributed by atoms with van der Waals surface area (Å²) in [7, 11) is 0. The van der Waals surface area contributed by atoms with Gasteiger partial charge < -0.3 is 14.7 Å². The van der Waals surface area contributed by atoms with E-state index in [-0.39, 0.29) is 11.1 Å². The summed E-state index contributed by atoms with van der Waals surface area (Å²) in [4.78, 5) is 0. The molecule has 0 fully saturated rings. The molecular formula is C13H8ClFN2O2. The Morgan fingerprint density at radius 3 is 2.63 bits per heavy atom. The number of anilines is 1. The number of aromatic nitrogens is 1. The minimum atomic E-state index is -0.420. The van der Waals surface area contributed by atoms with Gasteiger partial charge in [0.25, 0.3) is 0 Å². The molecule has 2 N–H and O–H groups in total. The second-order valence-electron chi connectivity index (χ2n) is 3.85. The van der Waals surface area contributed by atoms with Crippen molar-refractivity contribution in [3.8, 4) is 22.6 Å². The largest absolute Gasteiger partial charge is 0.443 e. The molecule has 1 aromatic carbocycles. The highest BCUT2D eigenvalue weighted by atomic mass is 35.5. The van der Waals surface area contributed by atoms with Crippen molar-refractivity contribution < 1.29 is 13.3 Å². The minimum absolute atomic E-state index is 0.0209. The van der Waals surface area contributed by atoms with Gasteiger partial charge in [-0.25, -0.2) is 4.39 Å². The predicted octanol–water partition coefficient (Wildman–Crippen LogP) is 3.98. The number of rotatable bonds is 2. The van der Waals surface area contributed by atoms with Gasteiger partial charge >= 0.3 is 0 Å². The normalized spacial score (nSPS) is 10.8. The average molecular weight is 279 g/mol. The quantitative estimate of drug-likeness (QED) is 0.770. The first-order valence-electron chi connectivity index (χ1n) is 5.42. The van der Waals surface area contributed by atoms with Gasteiger partial charge in [0.15, 0.2) is 16.7 Å². The van der Waals surface area contributed by atoms with E-state index in [0.717, 1.165) is 0 Å². The van der Waals surface area contributed by atoms with Crippen LogP contribution in [0.2, 0.25) is 5.22 Å². The Balaban J connectivity index is 2.22. The molecule has 2 aromatic heterocycles. The molecule has 96 valence electrons. The molecule has 0 unspecified atom stereocenters. The van der Waals surface area contributed by atoms with Gasteiger partial charge in [-0.05, 0) is 29.8 Å². The number of benzene rings is 1. The summed E-state index contributed by atoms with van der Waals surface area (Å²) >= 11 is 5.72. The van der Waals surface area contributed by atoms with E-state index < -0.39 is 5.82 Å². The van der Waals surface area contributed by atoms with E-state index in [1.165, 1.54) is 6.07 Å². The van der Waals surface area contributed by atoms with Crippen LogP contribution in [0.15, 0.2) is 45.3 Å². The van der Waals surface area contributed by atoms with Crippen molar-refractivity contribution in [3.63, 3.8) is 0 Å². The SMILES string of the molecule is Nc1onc(-c2ccc(Cl)o2)c1-c1ccccc1F. The van der Waals surface area contributed by atoms with E-state index >= 15 is 0 Å². The third-order valence-electron chi connectivity index (χ3n) is 2.67. The van der Waals surface area contributed by atoms with Crippen molar-refractivity contribution in [1.29, 1.82) is 0 Å². The van der Waals surface area contributed by atoms with E-state index in [9.17, 15) is 4.39 Å². The van der Waals surface area contributed by atoms with E-state index in [1.54, 1.807) is 30.3 Å². The van der Waals surface area contributed by atoms with Gasteiger partial charge in [0.1, 0.15) is 5.82 Å². The number of hydrogen-bond acceptors (Lipinski definition) is 4. The number of nitrogen functional groups attached to an aromatic ring is 1. The average Bonchev–Trinajstić information content (AvgIpc) is 2.96. The molecule has 0 amide bonds. The summed E-state index contributed by atoms with van der Waals surface area (Å²) in [5.74, 6) is -0.0346. The Kier molecular flexibility index (Phi) is 2.76. The molecule has 6 heteroatoms. The molecule has 0 aliphatic carbocycles. The van der Waals surface area contributed by atoms with Crippen LogP contribution in [0.5, 0.6) is 0 Å². The van der Waals surface area contributed by atoms with E-state index in [4.69, 9.17) is 26.3 Å². The van der Waals surface area contributed by atoms with Crippen LogP contribution in [0, 0.1) is 5.82 Å². The molecule has 2 heterocycles. The third kappa shape index (κ3) is 1.98. The maximum atomic E-state index is 13.9. The number of hydrogen-bond donors (Lipinski definition) is 1. The number of nitrogens with zero attached hydrogens (tertiary/aromatic N) is 1. The Bertz CT molecular complexity index is 736. The molecule has 0 spiro atoms. The lowest BCUT2D eigenvalue weighted by molar-refractivity contribution is 0.436. The lowest BCUT2D eigenvalue weighted by atomic mass is 10.0. The summed E-state index contributed by atoms with van der Waals surface area (Å²) < 4.78 is 24.0. The minimum Gasteiger partial charge on any atom is -0.443 e. The molecule has 3 aromatic rings. The third-order valence-corrected chi connectivity index (χ3v) is 2.87. The van der Waals surface area contributed by atoms with Gasteiger partial charge in [-0.15, -0.1) is 0 Å². The summed E-state index contributed by atoms with van der Waals surface area (Å²) in [6.07, 6.45) is 0. The zero-order chi connectivity index (χ0) is 13.4. The van der Waals surface area contributed by atoms with Gasteiger partial charge in [0, 0.05) is 5.56 Å². The molecule has 0 bridgehead atoms. The fourth-order valence-corrected chi connectivity index (χ4v) is 1.98. The lowest BCUT2D eigenvalue weighted by Crippen LogP contribution is -1.90. The first kappa shape index (κ1) is 11.8. The maximum Gasteiger partial charge on any atom is 0.230 e. The molecular weight excluding hydrogens is 271 g/mol. The van der Waals surface area contributed by atoms with Crippen LogP contribution in [0.3, 0.4) is 0 Å².